The Labute approximate surface area is 152 Å². The van der Waals surface area contributed by atoms with Crippen molar-refractivity contribution in [3.05, 3.63) is 71.4 Å². The average molecular weight is 366 g/mol. The van der Waals surface area contributed by atoms with Gasteiger partial charge >= 0.3 is 0 Å². The second kappa shape index (κ2) is 6.76. The van der Waals surface area contributed by atoms with E-state index >= 15 is 0 Å². The van der Waals surface area contributed by atoms with Crippen LogP contribution in [0.25, 0.3) is 17.5 Å². The number of rotatable bonds is 5. The zero-order valence-corrected chi connectivity index (χ0v) is 14.9. The summed E-state index contributed by atoms with van der Waals surface area (Å²) >= 11 is 0. The first-order chi connectivity index (χ1) is 12.6. The Bertz CT molecular complexity index is 1060. The molecule has 2 aromatic carbocycles. The Morgan fingerprint density at radius 2 is 1.88 bits per heavy atom. The monoisotopic (exact) mass is 366 g/mol. The molecule has 0 aliphatic carbocycles. The molecule has 26 heavy (non-hydrogen) atoms. The summed E-state index contributed by atoms with van der Waals surface area (Å²) in [5.74, 6) is 1.76. The van der Waals surface area contributed by atoms with E-state index in [9.17, 15) is 8.42 Å². The maximum atomic E-state index is 12.3. The third-order valence-electron chi connectivity index (χ3n) is 4.23. The summed E-state index contributed by atoms with van der Waals surface area (Å²) in [6.07, 6.45) is 3.57. The predicted octanol–water partition coefficient (Wildman–Crippen LogP) is 3.30. The van der Waals surface area contributed by atoms with Crippen molar-refractivity contribution in [2.24, 2.45) is 0 Å². The largest absolute Gasteiger partial charge is 0.311 e. The molecule has 0 unspecified atom stereocenters. The van der Waals surface area contributed by atoms with E-state index in [1.807, 2.05) is 42.5 Å². The summed E-state index contributed by atoms with van der Waals surface area (Å²) in [7, 11) is -3.60. The van der Waals surface area contributed by atoms with Crippen molar-refractivity contribution in [3.63, 3.8) is 0 Å². The van der Waals surface area contributed by atoms with Gasteiger partial charge in [0.25, 0.3) is 10.0 Å². The minimum atomic E-state index is -3.60. The van der Waals surface area contributed by atoms with Crippen LogP contribution in [0.5, 0.6) is 0 Å². The number of benzene rings is 2. The van der Waals surface area contributed by atoms with Gasteiger partial charge in [-0.25, -0.2) is 8.42 Å². The quantitative estimate of drug-likeness (QED) is 0.752. The van der Waals surface area contributed by atoms with E-state index in [0.717, 1.165) is 42.2 Å². The zero-order valence-electron chi connectivity index (χ0n) is 14.0. The highest BCUT2D eigenvalue weighted by atomic mass is 32.2. The zero-order chi connectivity index (χ0) is 18.0. The molecule has 0 saturated heterocycles. The van der Waals surface area contributed by atoms with Crippen LogP contribution in [-0.2, 0) is 23.0 Å². The third kappa shape index (κ3) is 3.52. The van der Waals surface area contributed by atoms with Crippen molar-refractivity contribution in [2.45, 2.75) is 19.4 Å². The molecule has 1 aliphatic rings. The predicted molar refractivity (Wildman–Crippen MR) is 102 cm³/mol. The van der Waals surface area contributed by atoms with Gasteiger partial charge in [0.1, 0.15) is 5.82 Å². The molecule has 132 valence electrons. The van der Waals surface area contributed by atoms with Crippen molar-refractivity contribution in [2.75, 3.05) is 4.72 Å². The number of sulfonamides is 1. The van der Waals surface area contributed by atoms with Crippen LogP contribution in [0.1, 0.15) is 17.8 Å². The van der Waals surface area contributed by atoms with Crippen molar-refractivity contribution in [1.82, 2.24) is 14.8 Å². The first-order valence-corrected chi connectivity index (χ1v) is 9.94. The average Bonchev–Trinajstić information content (AvgIpc) is 3.24. The van der Waals surface area contributed by atoms with Crippen LogP contribution in [0, 0.1) is 0 Å². The fraction of sp³-hybridized carbons (Fsp3) is 0.158. The summed E-state index contributed by atoms with van der Waals surface area (Å²) in [6.45, 7) is 0.896. The highest BCUT2D eigenvalue weighted by molar-refractivity contribution is 7.95. The van der Waals surface area contributed by atoms with Crippen LogP contribution in [0.15, 0.2) is 60.0 Å². The number of nitrogens with zero attached hydrogens (tertiary/aromatic N) is 3. The number of fused-ring (bicyclic) bond motifs is 1. The van der Waals surface area contributed by atoms with Gasteiger partial charge in [-0.1, -0.05) is 42.5 Å². The lowest BCUT2D eigenvalue weighted by Crippen LogP contribution is -2.09. The molecule has 0 bridgehead atoms. The minimum Gasteiger partial charge on any atom is -0.311 e. The van der Waals surface area contributed by atoms with E-state index in [2.05, 4.69) is 19.5 Å². The molecule has 0 spiro atoms. The lowest BCUT2D eigenvalue weighted by atomic mass is 10.2. The summed E-state index contributed by atoms with van der Waals surface area (Å²) < 4.78 is 29.3. The molecular weight excluding hydrogens is 348 g/mol. The van der Waals surface area contributed by atoms with E-state index in [-0.39, 0.29) is 0 Å². The number of aryl methyl sites for hydroxylation is 1. The van der Waals surface area contributed by atoms with Gasteiger partial charge in [0.15, 0.2) is 5.82 Å². The Hall–Kier alpha value is -2.93. The van der Waals surface area contributed by atoms with Crippen LogP contribution in [-0.4, -0.2) is 23.2 Å². The lowest BCUT2D eigenvalue weighted by Gasteiger charge is -2.07. The topological polar surface area (TPSA) is 76.9 Å². The fourth-order valence-electron chi connectivity index (χ4n) is 3.02. The number of hydrogen-bond acceptors (Lipinski definition) is 4. The van der Waals surface area contributed by atoms with Gasteiger partial charge in [-0.15, -0.1) is 10.2 Å². The summed E-state index contributed by atoms with van der Waals surface area (Å²) in [6, 6.07) is 16.5. The maximum Gasteiger partial charge on any atom is 0.255 e. The van der Waals surface area contributed by atoms with E-state index in [0.29, 0.717) is 5.69 Å². The molecule has 4 rings (SSSR count). The molecule has 6 nitrogen and oxygen atoms in total. The van der Waals surface area contributed by atoms with Crippen molar-refractivity contribution in [3.8, 4) is 11.4 Å². The second-order valence-corrected chi connectivity index (χ2v) is 7.70. The number of aromatic nitrogens is 3. The smallest absolute Gasteiger partial charge is 0.255 e. The van der Waals surface area contributed by atoms with Crippen LogP contribution < -0.4 is 4.72 Å². The molecule has 0 fully saturated rings. The van der Waals surface area contributed by atoms with Gasteiger partial charge < -0.3 is 4.57 Å². The molecule has 0 radical (unpaired) electrons. The van der Waals surface area contributed by atoms with Gasteiger partial charge in [-0.2, -0.15) is 0 Å². The van der Waals surface area contributed by atoms with Gasteiger partial charge in [-0.05, 0) is 30.2 Å². The summed E-state index contributed by atoms with van der Waals surface area (Å²) in [4.78, 5) is 0. The van der Waals surface area contributed by atoms with Crippen LogP contribution in [0.2, 0.25) is 0 Å². The van der Waals surface area contributed by atoms with E-state index in [1.165, 1.54) is 5.41 Å². The number of anilines is 1. The van der Waals surface area contributed by atoms with Crippen molar-refractivity contribution in [1.29, 1.82) is 0 Å². The Kier molecular flexibility index (Phi) is 4.30. The maximum absolute atomic E-state index is 12.3. The second-order valence-electron chi connectivity index (χ2n) is 6.14. The molecule has 7 heteroatoms. The Morgan fingerprint density at radius 1 is 1.04 bits per heavy atom. The molecule has 1 aliphatic heterocycles. The third-order valence-corrected chi connectivity index (χ3v) is 5.24. The highest BCUT2D eigenvalue weighted by Gasteiger charge is 2.18. The van der Waals surface area contributed by atoms with Crippen LogP contribution in [0.4, 0.5) is 5.69 Å². The molecule has 0 amide bonds. The Morgan fingerprint density at radius 3 is 2.73 bits per heavy atom. The fourth-order valence-corrected chi connectivity index (χ4v) is 3.88. The molecule has 1 aromatic heterocycles. The van der Waals surface area contributed by atoms with Crippen LogP contribution in [0.3, 0.4) is 0 Å². The standard InChI is InChI=1S/C19H18N4O2S/c24-26(25,13-11-15-6-2-1-3-7-15)22-17-9-4-8-16(14-17)19-21-20-18-10-5-12-23(18)19/h1-4,6-9,11,13-14,22H,5,10,12H2/b13-11+. The molecule has 0 saturated carbocycles. The van der Waals surface area contributed by atoms with Gasteiger partial charge in [0.2, 0.25) is 0 Å². The number of hydrogen-bond donors (Lipinski definition) is 1. The first-order valence-electron chi connectivity index (χ1n) is 8.39. The van der Waals surface area contributed by atoms with Gasteiger partial charge in [0, 0.05) is 24.2 Å². The minimum absolute atomic E-state index is 0.496. The normalized spacial score (nSPS) is 13.8. The van der Waals surface area contributed by atoms with Gasteiger partial charge in [0.05, 0.1) is 5.41 Å². The van der Waals surface area contributed by atoms with E-state index in [1.54, 1.807) is 18.2 Å². The first kappa shape index (κ1) is 16.5. The SMILES string of the molecule is O=S(=O)(/C=C/c1ccccc1)Nc1cccc(-c2nnc3n2CCC3)c1. The van der Waals surface area contributed by atoms with Crippen molar-refractivity contribution < 1.29 is 8.42 Å². The molecule has 3 aromatic rings. The summed E-state index contributed by atoms with van der Waals surface area (Å²) in [5.41, 5.74) is 2.17. The Balaban J connectivity index is 1.56. The molecule has 0 atom stereocenters. The molecular formula is C19H18N4O2S. The molecule has 1 N–H and O–H groups in total. The molecule has 2 heterocycles. The number of nitrogens with one attached hydrogen (secondary N) is 1. The van der Waals surface area contributed by atoms with E-state index in [4.69, 9.17) is 0 Å². The van der Waals surface area contributed by atoms with Crippen molar-refractivity contribution >= 4 is 21.8 Å². The van der Waals surface area contributed by atoms with Crippen LogP contribution >= 0.6 is 0 Å². The van der Waals surface area contributed by atoms with E-state index < -0.39 is 10.0 Å². The summed E-state index contributed by atoms with van der Waals surface area (Å²) in [5, 5.41) is 9.62. The lowest BCUT2D eigenvalue weighted by molar-refractivity contribution is 0.609. The highest BCUT2D eigenvalue weighted by Crippen LogP contribution is 2.25. The van der Waals surface area contributed by atoms with Gasteiger partial charge in [-0.3, -0.25) is 4.72 Å².